The molecule has 260 valence electrons. The topological polar surface area (TPSA) is 328 Å². The zero-order valence-corrected chi connectivity index (χ0v) is 27.4. The van der Waals surface area contributed by atoms with Gasteiger partial charge in [-0.25, -0.2) is 4.79 Å². The minimum absolute atomic E-state index is 0.00386. The molecular weight excluding hydrogens is 750 g/mol. The van der Waals surface area contributed by atoms with Crippen molar-refractivity contribution in [2.75, 3.05) is 10.6 Å². The molecule has 24 heteroatoms. The normalized spacial score (nSPS) is 12.3. The minimum Gasteiger partial charge on any atom is -0.505 e. The molecule has 0 spiro atoms. The summed E-state index contributed by atoms with van der Waals surface area (Å²) in [4.78, 5) is 20.1. The number of nitrogens with zero attached hydrogens (tertiary/aromatic N) is 5. The van der Waals surface area contributed by atoms with Gasteiger partial charge in [-0.05, 0) is 53.9 Å². The fourth-order valence-electron chi connectivity index (χ4n) is 4.39. The molecule has 5 aromatic rings. The second-order valence-corrected chi connectivity index (χ2v) is 14.4. The predicted molar refractivity (Wildman–Crippen MR) is 172 cm³/mol. The van der Waals surface area contributed by atoms with Crippen molar-refractivity contribution in [3.63, 3.8) is 0 Å². The van der Waals surface area contributed by atoms with Gasteiger partial charge in [-0.3, -0.25) is 13.7 Å². The smallest absolute Gasteiger partial charge is 0.337 e. The lowest BCUT2D eigenvalue weighted by molar-refractivity contribution is 0.0697. The van der Waals surface area contributed by atoms with Gasteiger partial charge in [-0.1, -0.05) is 23.7 Å². The summed E-state index contributed by atoms with van der Waals surface area (Å²) >= 11 is 5.94. The largest absolute Gasteiger partial charge is 0.505 e. The molecule has 4 aromatic carbocycles. The molecule has 0 fully saturated rings. The number of carboxylic acid groups (broad SMARTS) is 1. The van der Waals surface area contributed by atoms with E-state index in [1.54, 1.807) is 0 Å². The Kier molecular flexibility index (Phi) is 9.33. The van der Waals surface area contributed by atoms with Gasteiger partial charge in [-0.15, -0.1) is 10.2 Å². The number of benzene rings is 4. The van der Waals surface area contributed by atoms with Crippen LogP contribution >= 0.6 is 11.6 Å². The fourth-order valence-corrected chi connectivity index (χ4v) is 6.39. The van der Waals surface area contributed by atoms with Crippen molar-refractivity contribution in [2.45, 2.75) is 14.7 Å². The monoisotopic (exact) mass is 767 g/mol. The second kappa shape index (κ2) is 13.0. The first-order valence-electron chi connectivity index (χ1n) is 13.0. The lowest BCUT2D eigenvalue weighted by Crippen LogP contribution is -2.08. The number of phenols is 1. The Bertz CT molecular complexity index is 2600. The number of rotatable bonds is 10. The number of azo groups is 1. The third-order valence-electron chi connectivity index (χ3n) is 6.43. The molecule has 0 saturated heterocycles. The number of fused-ring (bicyclic) bond motifs is 1. The zero-order valence-electron chi connectivity index (χ0n) is 24.2. The lowest BCUT2D eigenvalue weighted by atomic mass is 10.1. The third kappa shape index (κ3) is 7.68. The average Bonchev–Trinajstić information content (AvgIpc) is 2.98. The molecule has 0 aliphatic heterocycles. The number of anilines is 4. The van der Waals surface area contributed by atoms with E-state index in [1.165, 1.54) is 18.2 Å². The molecule has 0 atom stereocenters. The summed E-state index contributed by atoms with van der Waals surface area (Å²) in [5.41, 5.74) is -2.47. The van der Waals surface area contributed by atoms with Gasteiger partial charge in [-0.2, -0.15) is 40.2 Å². The summed E-state index contributed by atoms with van der Waals surface area (Å²) < 4.78 is 102. The number of carbonyl (C=O) groups is 1. The molecule has 0 saturated carbocycles. The zero-order chi connectivity index (χ0) is 36.8. The Labute approximate surface area is 285 Å². The Morgan fingerprint density at radius 2 is 1.34 bits per heavy atom. The van der Waals surface area contributed by atoms with Crippen molar-refractivity contribution in [2.24, 2.45) is 10.2 Å². The third-order valence-corrected chi connectivity index (χ3v) is 9.27. The summed E-state index contributed by atoms with van der Waals surface area (Å²) in [5, 5.41) is 42.3. The van der Waals surface area contributed by atoms with Crippen molar-refractivity contribution in [3.05, 3.63) is 71.2 Å². The average molecular weight is 768 g/mol. The van der Waals surface area contributed by atoms with E-state index in [2.05, 4.69) is 35.8 Å². The van der Waals surface area contributed by atoms with Crippen LogP contribution in [0, 0.1) is 0 Å². The first-order chi connectivity index (χ1) is 23.2. The molecule has 1 heterocycles. The molecule has 50 heavy (non-hydrogen) atoms. The Hall–Kier alpha value is -5.56. The number of halogens is 1. The van der Waals surface area contributed by atoms with Gasteiger partial charge in [0.15, 0.2) is 5.75 Å². The molecule has 0 unspecified atom stereocenters. The van der Waals surface area contributed by atoms with E-state index in [9.17, 15) is 59.0 Å². The van der Waals surface area contributed by atoms with E-state index in [1.807, 2.05) is 0 Å². The standard InChI is InChI=1S/C26H18ClN7O13S3/c27-12-5-6-18(49(42,43)44)16(9-12)28-24-30-25(32-26(38)31-24)29-17-10-13(48(39,40)41)7-11-8-19(50(45,46)47)21(22(35)20(11)17)34-33-15-4-2-1-3-14(15)23(36)37/h1-10,35H,(H,36,37)(H,39,40,41)(H,42,43,44)(H,45,46,47)(H3,28,29,30,31,32,38). The van der Waals surface area contributed by atoms with E-state index in [0.29, 0.717) is 6.07 Å². The number of carboxylic acids is 1. The quantitative estimate of drug-likeness (QED) is 0.0719. The summed E-state index contributed by atoms with van der Waals surface area (Å²) in [6.45, 7) is 0. The summed E-state index contributed by atoms with van der Waals surface area (Å²) in [6.07, 6.45) is 0. The number of aromatic nitrogens is 3. The van der Waals surface area contributed by atoms with E-state index >= 15 is 0 Å². The Morgan fingerprint density at radius 1 is 0.720 bits per heavy atom. The molecular formula is C26H18ClN7O13S3. The number of aromatic hydroxyl groups is 2. The lowest BCUT2D eigenvalue weighted by Gasteiger charge is -2.15. The van der Waals surface area contributed by atoms with Crippen LogP contribution in [0.3, 0.4) is 0 Å². The molecule has 0 aliphatic rings. The van der Waals surface area contributed by atoms with E-state index in [4.69, 9.17) is 11.6 Å². The number of hydrogen-bond donors (Lipinski definition) is 8. The van der Waals surface area contributed by atoms with Crippen LogP contribution in [-0.2, 0) is 30.4 Å². The molecule has 0 radical (unpaired) electrons. The van der Waals surface area contributed by atoms with Gasteiger partial charge in [0.1, 0.15) is 21.2 Å². The SMILES string of the molecule is O=C(O)c1ccccc1N=Nc1c(S(=O)(=O)O)cc2cc(S(=O)(=O)O)cc(Nc3nc(O)nc(Nc4cc(Cl)ccc4S(=O)(=O)O)n3)c2c1O. The van der Waals surface area contributed by atoms with E-state index in [0.717, 1.165) is 36.4 Å². The van der Waals surface area contributed by atoms with Crippen LogP contribution in [-0.4, -0.2) is 75.2 Å². The van der Waals surface area contributed by atoms with Crippen molar-refractivity contribution in [1.29, 1.82) is 0 Å². The van der Waals surface area contributed by atoms with E-state index in [-0.39, 0.29) is 22.0 Å². The van der Waals surface area contributed by atoms with Crippen LogP contribution in [0.4, 0.5) is 34.6 Å². The van der Waals surface area contributed by atoms with Gasteiger partial charge in [0.2, 0.25) is 11.9 Å². The first-order valence-corrected chi connectivity index (χ1v) is 17.7. The number of aromatic carboxylic acids is 1. The van der Waals surface area contributed by atoms with Crippen LogP contribution in [0.25, 0.3) is 10.8 Å². The Morgan fingerprint density at radius 3 is 1.94 bits per heavy atom. The highest BCUT2D eigenvalue weighted by molar-refractivity contribution is 7.86. The van der Waals surface area contributed by atoms with Gasteiger partial charge in [0.25, 0.3) is 30.4 Å². The summed E-state index contributed by atoms with van der Waals surface area (Å²) in [5.74, 6) is -3.72. The van der Waals surface area contributed by atoms with Crippen molar-refractivity contribution >= 4 is 93.3 Å². The molecule has 5 rings (SSSR count). The number of nitrogens with one attached hydrogen (secondary N) is 2. The van der Waals surface area contributed by atoms with Crippen molar-refractivity contribution in [3.8, 4) is 11.8 Å². The van der Waals surface area contributed by atoms with Crippen LogP contribution in [0.2, 0.25) is 5.02 Å². The molecule has 0 bridgehead atoms. The predicted octanol–water partition coefficient (Wildman–Crippen LogP) is 4.43. The minimum atomic E-state index is -5.26. The number of hydrogen-bond acceptors (Lipinski definition) is 16. The summed E-state index contributed by atoms with van der Waals surface area (Å²) in [7, 11) is -15.1. The van der Waals surface area contributed by atoms with Gasteiger partial charge in [0, 0.05) is 10.4 Å². The van der Waals surface area contributed by atoms with Gasteiger partial charge >= 0.3 is 12.0 Å². The summed E-state index contributed by atoms with van der Waals surface area (Å²) in [6, 6.07) is 9.37. The van der Waals surface area contributed by atoms with Crippen LogP contribution in [0.15, 0.2) is 85.6 Å². The molecule has 0 aliphatic carbocycles. The molecule has 8 N–H and O–H groups in total. The highest BCUT2D eigenvalue weighted by atomic mass is 35.5. The van der Waals surface area contributed by atoms with Crippen LogP contribution in [0.5, 0.6) is 11.8 Å². The number of phenolic OH excluding ortho intramolecular Hbond substituents is 1. The maximum absolute atomic E-state index is 12.4. The van der Waals surface area contributed by atoms with E-state index < -0.39 is 96.8 Å². The maximum atomic E-state index is 12.4. The van der Waals surface area contributed by atoms with Gasteiger partial charge < -0.3 is 26.0 Å². The highest BCUT2D eigenvalue weighted by Crippen LogP contribution is 2.46. The Balaban J connectivity index is 1.71. The van der Waals surface area contributed by atoms with Gasteiger partial charge in [0.05, 0.1) is 21.8 Å². The molecule has 0 amide bonds. The second-order valence-electron chi connectivity index (χ2n) is 9.76. The van der Waals surface area contributed by atoms with Crippen molar-refractivity contribution < 1.29 is 59.0 Å². The van der Waals surface area contributed by atoms with Crippen LogP contribution < -0.4 is 10.6 Å². The first kappa shape index (κ1) is 35.7. The van der Waals surface area contributed by atoms with Crippen LogP contribution in [0.1, 0.15) is 10.4 Å². The van der Waals surface area contributed by atoms with Crippen molar-refractivity contribution in [1.82, 2.24) is 15.0 Å². The molecule has 20 nitrogen and oxygen atoms in total. The fraction of sp³-hybridized carbons (Fsp3) is 0. The maximum Gasteiger partial charge on any atom is 0.337 e. The highest BCUT2D eigenvalue weighted by Gasteiger charge is 2.26. The molecule has 1 aromatic heterocycles.